The SMILES string of the molecule is CC(O)C(C)NCCN(C(C)C)C(C)C. The second kappa shape index (κ2) is 7.20. The second-order valence-corrected chi connectivity index (χ2v) is 4.91. The van der Waals surface area contributed by atoms with Gasteiger partial charge in [0.1, 0.15) is 0 Å². The summed E-state index contributed by atoms with van der Waals surface area (Å²) in [7, 11) is 0. The number of nitrogens with zero attached hydrogens (tertiary/aromatic N) is 1. The Hall–Kier alpha value is -0.120. The molecule has 15 heavy (non-hydrogen) atoms. The van der Waals surface area contributed by atoms with Crippen LogP contribution in [0.3, 0.4) is 0 Å². The Morgan fingerprint density at radius 2 is 1.47 bits per heavy atom. The van der Waals surface area contributed by atoms with Gasteiger partial charge in [0.05, 0.1) is 6.10 Å². The van der Waals surface area contributed by atoms with Crippen molar-refractivity contribution < 1.29 is 5.11 Å². The maximum absolute atomic E-state index is 9.33. The summed E-state index contributed by atoms with van der Waals surface area (Å²) in [6.45, 7) is 14.7. The Bertz CT molecular complexity index is 150. The van der Waals surface area contributed by atoms with E-state index in [4.69, 9.17) is 0 Å². The van der Waals surface area contributed by atoms with Gasteiger partial charge in [-0.25, -0.2) is 0 Å². The normalized spacial score (nSPS) is 16.4. The van der Waals surface area contributed by atoms with Gasteiger partial charge in [0.25, 0.3) is 0 Å². The molecule has 3 heteroatoms. The van der Waals surface area contributed by atoms with Crippen molar-refractivity contribution in [3.8, 4) is 0 Å². The van der Waals surface area contributed by atoms with Crippen LogP contribution >= 0.6 is 0 Å². The topological polar surface area (TPSA) is 35.5 Å². The average Bonchev–Trinajstić information content (AvgIpc) is 2.10. The van der Waals surface area contributed by atoms with Gasteiger partial charge < -0.3 is 10.4 Å². The molecule has 0 aliphatic rings. The Morgan fingerprint density at radius 3 is 1.80 bits per heavy atom. The van der Waals surface area contributed by atoms with E-state index >= 15 is 0 Å². The van der Waals surface area contributed by atoms with Crippen molar-refractivity contribution in [2.24, 2.45) is 0 Å². The van der Waals surface area contributed by atoms with E-state index in [9.17, 15) is 5.11 Å². The molecule has 0 heterocycles. The number of nitrogens with one attached hydrogen (secondary N) is 1. The van der Waals surface area contributed by atoms with Crippen LogP contribution in [0.1, 0.15) is 41.5 Å². The van der Waals surface area contributed by atoms with E-state index in [2.05, 4.69) is 37.9 Å². The van der Waals surface area contributed by atoms with Crippen molar-refractivity contribution in [2.45, 2.75) is 65.8 Å². The van der Waals surface area contributed by atoms with E-state index in [-0.39, 0.29) is 12.1 Å². The van der Waals surface area contributed by atoms with Crippen LogP contribution in [0.5, 0.6) is 0 Å². The third kappa shape index (κ3) is 6.13. The van der Waals surface area contributed by atoms with Crippen LogP contribution in [0, 0.1) is 0 Å². The van der Waals surface area contributed by atoms with E-state index < -0.39 is 0 Å². The van der Waals surface area contributed by atoms with Crippen molar-refractivity contribution in [1.82, 2.24) is 10.2 Å². The predicted molar refractivity (Wildman–Crippen MR) is 66.1 cm³/mol. The summed E-state index contributed by atoms with van der Waals surface area (Å²) in [5.41, 5.74) is 0. The number of aliphatic hydroxyl groups is 1. The number of rotatable bonds is 7. The van der Waals surface area contributed by atoms with Crippen LogP contribution in [0.15, 0.2) is 0 Å². The zero-order chi connectivity index (χ0) is 12.0. The van der Waals surface area contributed by atoms with Gasteiger partial charge >= 0.3 is 0 Å². The lowest BCUT2D eigenvalue weighted by molar-refractivity contribution is 0.140. The minimum absolute atomic E-state index is 0.172. The van der Waals surface area contributed by atoms with Gasteiger partial charge in [-0.1, -0.05) is 0 Å². The molecule has 0 saturated carbocycles. The zero-order valence-electron chi connectivity index (χ0n) is 11.1. The van der Waals surface area contributed by atoms with Crippen molar-refractivity contribution >= 4 is 0 Å². The summed E-state index contributed by atoms with van der Waals surface area (Å²) in [4.78, 5) is 2.45. The first-order valence-electron chi connectivity index (χ1n) is 6.03. The molecule has 92 valence electrons. The van der Waals surface area contributed by atoms with E-state index in [0.717, 1.165) is 13.1 Å². The van der Waals surface area contributed by atoms with Gasteiger partial charge in [-0.05, 0) is 41.5 Å². The van der Waals surface area contributed by atoms with Crippen LogP contribution < -0.4 is 5.32 Å². The zero-order valence-corrected chi connectivity index (χ0v) is 11.1. The smallest absolute Gasteiger partial charge is 0.0662 e. The molecule has 2 N–H and O–H groups in total. The highest BCUT2D eigenvalue weighted by atomic mass is 16.3. The third-order valence-electron chi connectivity index (χ3n) is 2.89. The highest BCUT2D eigenvalue weighted by molar-refractivity contribution is 4.71. The molecule has 0 aliphatic heterocycles. The van der Waals surface area contributed by atoms with Crippen LogP contribution in [0.25, 0.3) is 0 Å². The first-order valence-corrected chi connectivity index (χ1v) is 6.03. The molecule has 0 spiro atoms. The molecule has 0 amide bonds. The second-order valence-electron chi connectivity index (χ2n) is 4.91. The monoisotopic (exact) mass is 216 g/mol. The van der Waals surface area contributed by atoms with Crippen molar-refractivity contribution in [3.63, 3.8) is 0 Å². The fourth-order valence-electron chi connectivity index (χ4n) is 1.70. The molecule has 0 bridgehead atoms. The molecule has 0 saturated heterocycles. The Balaban J connectivity index is 3.81. The van der Waals surface area contributed by atoms with Gasteiger partial charge in [-0.15, -0.1) is 0 Å². The summed E-state index contributed by atoms with van der Waals surface area (Å²) in [6.07, 6.45) is -0.281. The van der Waals surface area contributed by atoms with E-state index in [1.54, 1.807) is 0 Å². The van der Waals surface area contributed by atoms with Crippen LogP contribution in [0.4, 0.5) is 0 Å². The Labute approximate surface area is 94.9 Å². The Morgan fingerprint density at radius 1 is 1.00 bits per heavy atom. The quantitative estimate of drug-likeness (QED) is 0.676. The van der Waals surface area contributed by atoms with Gasteiger partial charge in [-0.3, -0.25) is 4.90 Å². The summed E-state index contributed by atoms with van der Waals surface area (Å²) in [5.74, 6) is 0. The average molecular weight is 216 g/mol. The summed E-state index contributed by atoms with van der Waals surface area (Å²) < 4.78 is 0. The molecule has 2 atom stereocenters. The first-order chi connectivity index (χ1) is 6.86. The molecule has 0 fully saturated rings. The summed E-state index contributed by atoms with van der Waals surface area (Å²) in [5, 5.41) is 12.7. The van der Waals surface area contributed by atoms with E-state index in [1.807, 2.05) is 13.8 Å². The minimum Gasteiger partial charge on any atom is -0.392 e. The number of hydrogen-bond acceptors (Lipinski definition) is 3. The molecule has 0 radical (unpaired) electrons. The molecule has 2 unspecified atom stereocenters. The van der Waals surface area contributed by atoms with Gasteiger partial charge in [0.15, 0.2) is 0 Å². The fraction of sp³-hybridized carbons (Fsp3) is 1.00. The van der Waals surface area contributed by atoms with Gasteiger partial charge in [0, 0.05) is 31.2 Å². The fourth-order valence-corrected chi connectivity index (χ4v) is 1.70. The number of hydrogen-bond donors (Lipinski definition) is 2. The van der Waals surface area contributed by atoms with Crippen molar-refractivity contribution in [2.75, 3.05) is 13.1 Å². The van der Waals surface area contributed by atoms with E-state index in [1.165, 1.54) is 0 Å². The largest absolute Gasteiger partial charge is 0.392 e. The van der Waals surface area contributed by atoms with Gasteiger partial charge in [-0.2, -0.15) is 0 Å². The maximum Gasteiger partial charge on any atom is 0.0662 e. The molecular formula is C12H28N2O. The summed E-state index contributed by atoms with van der Waals surface area (Å²) >= 11 is 0. The molecular weight excluding hydrogens is 188 g/mol. The van der Waals surface area contributed by atoms with Crippen molar-refractivity contribution in [1.29, 1.82) is 0 Å². The lowest BCUT2D eigenvalue weighted by Gasteiger charge is -2.31. The molecule has 0 aromatic rings. The highest BCUT2D eigenvalue weighted by Crippen LogP contribution is 2.03. The lowest BCUT2D eigenvalue weighted by Crippen LogP contribution is -2.44. The first kappa shape index (κ1) is 14.9. The highest BCUT2D eigenvalue weighted by Gasteiger charge is 2.13. The van der Waals surface area contributed by atoms with Gasteiger partial charge in [0.2, 0.25) is 0 Å². The lowest BCUT2D eigenvalue weighted by atomic mass is 10.2. The maximum atomic E-state index is 9.33. The van der Waals surface area contributed by atoms with Crippen LogP contribution in [-0.2, 0) is 0 Å². The molecule has 0 aromatic heterocycles. The van der Waals surface area contributed by atoms with Crippen molar-refractivity contribution in [3.05, 3.63) is 0 Å². The molecule has 0 aromatic carbocycles. The molecule has 0 rings (SSSR count). The van der Waals surface area contributed by atoms with Crippen LogP contribution in [-0.4, -0.2) is 47.3 Å². The van der Waals surface area contributed by atoms with Crippen LogP contribution in [0.2, 0.25) is 0 Å². The molecule has 0 aliphatic carbocycles. The standard InChI is InChI=1S/C12H28N2O/c1-9(2)14(10(3)4)8-7-13-11(5)12(6)15/h9-13,15H,7-8H2,1-6H3. The van der Waals surface area contributed by atoms with E-state index in [0.29, 0.717) is 12.1 Å². The summed E-state index contributed by atoms with van der Waals surface area (Å²) in [6, 6.07) is 1.33. The number of aliphatic hydroxyl groups excluding tert-OH is 1. The third-order valence-corrected chi connectivity index (χ3v) is 2.89. The minimum atomic E-state index is -0.281. The predicted octanol–water partition coefficient (Wildman–Crippen LogP) is 1.46. The Kier molecular flexibility index (Phi) is 7.14. The molecule has 3 nitrogen and oxygen atoms in total.